The summed E-state index contributed by atoms with van der Waals surface area (Å²) in [7, 11) is 0.343. The molecule has 0 aliphatic carbocycles. The zero-order valence-corrected chi connectivity index (χ0v) is 14.8. The summed E-state index contributed by atoms with van der Waals surface area (Å²) < 4.78 is 24.0. The highest BCUT2D eigenvalue weighted by Crippen LogP contribution is 2.13. The Hall–Kier alpha value is -2.60. The topological polar surface area (TPSA) is 61.8 Å². The molecule has 2 aromatic rings. The van der Waals surface area contributed by atoms with Crippen molar-refractivity contribution in [3.05, 3.63) is 65.7 Å². The third-order valence-corrected chi connectivity index (χ3v) is 4.60. The van der Waals surface area contributed by atoms with E-state index in [2.05, 4.69) is 9.93 Å². The van der Waals surface area contributed by atoms with E-state index in [0.29, 0.717) is 0 Å². The summed E-state index contributed by atoms with van der Waals surface area (Å²) in [5, 5.41) is 3.74. The summed E-state index contributed by atoms with van der Waals surface area (Å²) in [5.41, 5.74) is 3.13. The Morgan fingerprint density at radius 2 is 1.62 bits per heavy atom. The molecular formula is C18H21N3O2S. The molecule has 0 aliphatic rings. The van der Waals surface area contributed by atoms with Crippen LogP contribution in [0.1, 0.15) is 11.1 Å². The van der Waals surface area contributed by atoms with Crippen LogP contribution < -0.4 is 9.73 Å². The molecule has 6 heteroatoms. The lowest BCUT2D eigenvalue weighted by Gasteiger charge is -2.11. The number of nitrogens with zero attached hydrogens (tertiary/aromatic N) is 2. The number of rotatable bonds is 6. The normalized spacial score (nSPS) is 12.0. The second-order valence-electron chi connectivity index (χ2n) is 5.53. The van der Waals surface area contributed by atoms with Gasteiger partial charge in [-0.15, -0.1) is 0 Å². The van der Waals surface area contributed by atoms with Crippen LogP contribution in [0.4, 0.5) is 5.69 Å². The minimum absolute atomic E-state index is 0.188. The first-order valence-electron chi connectivity index (χ1n) is 7.44. The molecule has 0 bridgehead atoms. The minimum Gasteiger partial charge on any atom is -0.378 e. The van der Waals surface area contributed by atoms with Gasteiger partial charge in [-0.2, -0.15) is 13.5 Å². The van der Waals surface area contributed by atoms with Crippen molar-refractivity contribution in [2.45, 2.75) is 11.8 Å². The van der Waals surface area contributed by atoms with Gasteiger partial charge in [0.05, 0.1) is 4.90 Å². The highest BCUT2D eigenvalue weighted by atomic mass is 32.2. The number of allylic oxidation sites excluding steroid dienone is 1. The maximum atomic E-state index is 12.0. The average Bonchev–Trinajstić information content (AvgIpc) is 2.55. The van der Waals surface area contributed by atoms with Crippen molar-refractivity contribution in [1.82, 2.24) is 4.83 Å². The highest BCUT2D eigenvalue weighted by Gasteiger charge is 2.11. The summed E-state index contributed by atoms with van der Waals surface area (Å²) in [6.07, 6.45) is 4.94. The van der Waals surface area contributed by atoms with Crippen LogP contribution in [-0.4, -0.2) is 28.7 Å². The summed E-state index contributed by atoms with van der Waals surface area (Å²) in [6, 6.07) is 14.6. The largest absolute Gasteiger partial charge is 0.378 e. The number of benzene rings is 2. The number of hydrogen-bond acceptors (Lipinski definition) is 4. The van der Waals surface area contributed by atoms with Crippen LogP contribution in [0, 0.1) is 6.92 Å². The van der Waals surface area contributed by atoms with Gasteiger partial charge in [0.1, 0.15) is 0 Å². The molecule has 126 valence electrons. The smallest absolute Gasteiger partial charge is 0.276 e. The molecule has 0 aliphatic heterocycles. The van der Waals surface area contributed by atoms with E-state index < -0.39 is 10.0 Å². The molecule has 0 saturated heterocycles. The summed E-state index contributed by atoms with van der Waals surface area (Å²) >= 11 is 0. The summed E-state index contributed by atoms with van der Waals surface area (Å²) in [6.45, 7) is 1.90. The molecule has 0 spiro atoms. The van der Waals surface area contributed by atoms with Crippen molar-refractivity contribution in [3.8, 4) is 0 Å². The third kappa shape index (κ3) is 4.96. The second kappa shape index (κ2) is 7.79. The number of sulfonamides is 1. The number of hydrogen-bond donors (Lipinski definition) is 1. The van der Waals surface area contributed by atoms with Gasteiger partial charge in [0.25, 0.3) is 10.0 Å². The maximum absolute atomic E-state index is 12.0. The predicted octanol–water partition coefficient (Wildman–Crippen LogP) is 3.04. The number of nitrogens with one attached hydrogen (secondary N) is 1. The van der Waals surface area contributed by atoms with E-state index in [1.807, 2.05) is 56.3 Å². The predicted molar refractivity (Wildman–Crippen MR) is 99.8 cm³/mol. The first-order chi connectivity index (χ1) is 11.4. The van der Waals surface area contributed by atoms with Crippen molar-refractivity contribution in [2.75, 3.05) is 19.0 Å². The lowest BCUT2D eigenvalue weighted by atomic mass is 10.2. The van der Waals surface area contributed by atoms with Gasteiger partial charge in [0.2, 0.25) is 0 Å². The standard InChI is InChI=1S/C18H21N3O2S/c1-15-6-12-18(13-7-15)24(22,23)20-19-14-4-5-16-8-10-17(11-9-16)21(2)3/h4-14,20H,1-3H3/b5-4+,19-14+. The molecule has 0 heterocycles. The van der Waals surface area contributed by atoms with Gasteiger partial charge in [-0.25, -0.2) is 4.83 Å². The molecule has 0 unspecified atom stereocenters. The number of aryl methyl sites for hydroxylation is 1. The quantitative estimate of drug-likeness (QED) is 0.648. The first kappa shape index (κ1) is 17.7. The third-order valence-electron chi connectivity index (χ3n) is 3.36. The molecule has 0 fully saturated rings. The van der Waals surface area contributed by atoms with E-state index in [0.717, 1.165) is 16.8 Å². The molecule has 0 atom stereocenters. The Kier molecular flexibility index (Phi) is 5.76. The molecule has 2 rings (SSSR count). The highest BCUT2D eigenvalue weighted by molar-refractivity contribution is 7.89. The van der Waals surface area contributed by atoms with Gasteiger partial charge in [-0.3, -0.25) is 0 Å². The van der Waals surface area contributed by atoms with E-state index in [9.17, 15) is 8.42 Å². The van der Waals surface area contributed by atoms with Crippen LogP contribution in [0.5, 0.6) is 0 Å². The average molecular weight is 343 g/mol. The second-order valence-corrected chi connectivity index (χ2v) is 7.19. The van der Waals surface area contributed by atoms with E-state index >= 15 is 0 Å². The van der Waals surface area contributed by atoms with Crippen LogP contribution in [0.15, 0.2) is 64.6 Å². The van der Waals surface area contributed by atoms with Crippen molar-refractivity contribution in [1.29, 1.82) is 0 Å². The van der Waals surface area contributed by atoms with Gasteiger partial charge in [0, 0.05) is 26.0 Å². The van der Waals surface area contributed by atoms with Gasteiger partial charge in [0.15, 0.2) is 0 Å². The first-order valence-corrected chi connectivity index (χ1v) is 8.92. The Morgan fingerprint density at radius 1 is 1.00 bits per heavy atom. The monoisotopic (exact) mass is 343 g/mol. The van der Waals surface area contributed by atoms with Gasteiger partial charge in [-0.05, 0) is 42.8 Å². The number of hydrazone groups is 1. The number of anilines is 1. The van der Waals surface area contributed by atoms with Crippen LogP contribution in [0.2, 0.25) is 0 Å². The summed E-state index contributed by atoms with van der Waals surface area (Å²) in [5.74, 6) is 0. The molecular weight excluding hydrogens is 322 g/mol. The molecule has 0 radical (unpaired) electrons. The van der Waals surface area contributed by atoms with E-state index in [4.69, 9.17) is 0 Å². The molecule has 0 saturated carbocycles. The SMILES string of the molecule is Cc1ccc(S(=O)(=O)N/N=C/C=C/c2ccc(N(C)C)cc2)cc1. The fourth-order valence-corrected chi connectivity index (χ4v) is 2.75. The Balaban J connectivity index is 1.95. The lowest BCUT2D eigenvalue weighted by molar-refractivity contribution is 0.584. The lowest BCUT2D eigenvalue weighted by Crippen LogP contribution is -2.17. The fraction of sp³-hybridized carbons (Fsp3) is 0.167. The Bertz CT molecular complexity index is 822. The van der Waals surface area contributed by atoms with Crippen LogP contribution in [-0.2, 0) is 10.0 Å². The zero-order valence-electron chi connectivity index (χ0n) is 14.0. The van der Waals surface area contributed by atoms with E-state index in [1.54, 1.807) is 30.3 Å². The molecule has 24 heavy (non-hydrogen) atoms. The van der Waals surface area contributed by atoms with E-state index in [-0.39, 0.29) is 4.90 Å². The van der Waals surface area contributed by atoms with Gasteiger partial charge >= 0.3 is 0 Å². The minimum atomic E-state index is -3.62. The Morgan fingerprint density at radius 3 is 2.21 bits per heavy atom. The molecule has 0 aromatic heterocycles. The van der Waals surface area contributed by atoms with Gasteiger partial charge in [-0.1, -0.05) is 35.9 Å². The molecule has 2 aromatic carbocycles. The van der Waals surface area contributed by atoms with Crippen LogP contribution in [0.3, 0.4) is 0 Å². The van der Waals surface area contributed by atoms with Crippen LogP contribution >= 0.6 is 0 Å². The Labute approximate surface area is 143 Å². The molecule has 0 amide bonds. The fourth-order valence-electron chi connectivity index (χ4n) is 1.95. The van der Waals surface area contributed by atoms with Crippen LogP contribution in [0.25, 0.3) is 6.08 Å². The van der Waals surface area contributed by atoms with Gasteiger partial charge < -0.3 is 4.90 Å². The van der Waals surface area contributed by atoms with Crippen molar-refractivity contribution >= 4 is 28.0 Å². The molecule has 1 N–H and O–H groups in total. The summed E-state index contributed by atoms with van der Waals surface area (Å²) in [4.78, 5) is 4.40. The molecule has 5 nitrogen and oxygen atoms in total. The zero-order chi connectivity index (χ0) is 17.6. The van der Waals surface area contributed by atoms with Crippen molar-refractivity contribution in [2.24, 2.45) is 5.10 Å². The van der Waals surface area contributed by atoms with E-state index in [1.165, 1.54) is 6.21 Å². The van der Waals surface area contributed by atoms with Crippen molar-refractivity contribution < 1.29 is 8.42 Å². The maximum Gasteiger partial charge on any atom is 0.276 e. The van der Waals surface area contributed by atoms with Crippen molar-refractivity contribution in [3.63, 3.8) is 0 Å².